The van der Waals surface area contributed by atoms with Crippen LogP contribution >= 0.6 is 0 Å². The molecule has 0 bridgehead atoms. The minimum Gasteiger partial charge on any atom is -0.356 e. The number of anilines is 2. The van der Waals surface area contributed by atoms with E-state index in [9.17, 15) is 0 Å². The summed E-state index contributed by atoms with van der Waals surface area (Å²) in [5, 5.41) is 6.01. The summed E-state index contributed by atoms with van der Waals surface area (Å²) >= 11 is 0. The molecule has 0 aliphatic carbocycles. The van der Waals surface area contributed by atoms with E-state index in [1.165, 1.54) is 33.0 Å². The second kappa shape index (κ2) is 7.65. The first-order valence-corrected chi connectivity index (χ1v) is 9.87. The molecule has 0 heterocycles. The van der Waals surface area contributed by atoms with Gasteiger partial charge in [-0.3, -0.25) is 0 Å². The molecule has 1 heteroatoms. The molecule has 138 valence electrons. The Hall–Kier alpha value is -3.84. The van der Waals surface area contributed by atoms with Gasteiger partial charge in [-0.05, 0) is 63.4 Å². The van der Waals surface area contributed by atoms with Crippen molar-refractivity contribution in [2.24, 2.45) is 0 Å². The van der Waals surface area contributed by atoms with Crippen LogP contribution in [0.2, 0.25) is 0 Å². The normalized spacial score (nSPS) is 10.8. The van der Waals surface area contributed by atoms with Crippen molar-refractivity contribution in [1.29, 1.82) is 0 Å². The highest BCUT2D eigenvalue weighted by Gasteiger charge is 2.02. The number of benzene rings is 5. The molecule has 5 aromatic carbocycles. The minimum atomic E-state index is 1.09. The molecular weight excluding hydrogens is 350 g/mol. The Morgan fingerprint density at radius 2 is 0.862 bits per heavy atom. The van der Waals surface area contributed by atoms with Gasteiger partial charge in [-0.25, -0.2) is 0 Å². The summed E-state index contributed by atoms with van der Waals surface area (Å²) < 4.78 is 0. The molecule has 0 unspecified atom stereocenters. The molecule has 29 heavy (non-hydrogen) atoms. The van der Waals surface area contributed by atoms with Gasteiger partial charge < -0.3 is 5.32 Å². The second-order valence-electron chi connectivity index (χ2n) is 7.21. The molecule has 5 rings (SSSR count). The lowest BCUT2D eigenvalue weighted by atomic mass is 10.0. The van der Waals surface area contributed by atoms with E-state index >= 15 is 0 Å². The monoisotopic (exact) mass is 371 g/mol. The van der Waals surface area contributed by atoms with Crippen LogP contribution in [0.3, 0.4) is 0 Å². The molecule has 0 aromatic heterocycles. The highest BCUT2D eigenvalue weighted by molar-refractivity contribution is 5.90. The van der Waals surface area contributed by atoms with E-state index in [1.54, 1.807) is 0 Å². The van der Waals surface area contributed by atoms with Crippen molar-refractivity contribution in [3.8, 4) is 22.3 Å². The third-order valence-corrected chi connectivity index (χ3v) is 5.23. The fourth-order valence-corrected chi connectivity index (χ4v) is 3.68. The van der Waals surface area contributed by atoms with Gasteiger partial charge in [-0.2, -0.15) is 0 Å². The third-order valence-electron chi connectivity index (χ3n) is 5.23. The number of nitrogens with one attached hydrogen (secondary N) is 1. The molecule has 0 aliphatic heterocycles. The van der Waals surface area contributed by atoms with Crippen LogP contribution in [-0.4, -0.2) is 0 Å². The molecular formula is C28H21N. The first kappa shape index (κ1) is 17.3. The molecule has 0 saturated heterocycles. The van der Waals surface area contributed by atoms with Crippen molar-refractivity contribution in [3.63, 3.8) is 0 Å². The molecule has 5 aromatic rings. The number of hydrogen-bond acceptors (Lipinski definition) is 1. The van der Waals surface area contributed by atoms with Crippen LogP contribution in [-0.2, 0) is 0 Å². The van der Waals surface area contributed by atoms with Crippen molar-refractivity contribution in [1.82, 2.24) is 0 Å². The van der Waals surface area contributed by atoms with Crippen LogP contribution in [0.4, 0.5) is 11.4 Å². The quantitative estimate of drug-likeness (QED) is 0.338. The van der Waals surface area contributed by atoms with Crippen molar-refractivity contribution in [2.75, 3.05) is 5.32 Å². The van der Waals surface area contributed by atoms with Gasteiger partial charge in [0, 0.05) is 11.4 Å². The van der Waals surface area contributed by atoms with Crippen LogP contribution in [0.15, 0.2) is 121 Å². The first-order valence-electron chi connectivity index (χ1n) is 9.87. The van der Waals surface area contributed by atoms with E-state index in [2.05, 4.69) is 121 Å². The fraction of sp³-hybridized carbons (Fsp3) is 0. The zero-order chi connectivity index (χ0) is 19.5. The topological polar surface area (TPSA) is 12.0 Å². The summed E-state index contributed by atoms with van der Waals surface area (Å²) in [5.74, 6) is 0. The van der Waals surface area contributed by atoms with Crippen LogP contribution in [0.5, 0.6) is 0 Å². The fourth-order valence-electron chi connectivity index (χ4n) is 3.68. The minimum absolute atomic E-state index is 1.09. The maximum Gasteiger partial charge on any atom is 0.0390 e. The first-order chi connectivity index (χ1) is 14.3. The summed E-state index contributed by atoms with van der Waals surface area (Å²) in [4.78, 5) is 0. The largest absolute Gasteiger partial charge is 0.356 e. The van der Waals surface area contributed by atoms with Gasteiger partial charge in [0.1, 0.15) is 0 Å². The second-order valence-corrected chi connectivity index (χ2v) is 7.21. The standard InChI is InChI=1S/C28H21N/c1-3-7-21(8-4-1)23-13-16-27(17-14-23)29-28-18-15-24-11-12-25(19-26(24)20-28)22-9-5-2-6-10-22/h1-20,29H. The van der Waals surface area contributed by atoms with Gasteiger partial charge in [0.15, 0.2) is 0 Å². The molecule has 0 spiro atoms. The van der Waals surface area contributed by atoms with Crippen LogP contribution < -0.4 is 5.32 Å². The smallest absolute Gasteiger partial charge is 0.0390 e. The van der Waals surface area contributed by atoms with E-state index in [1.807, 2.05) is 6.07 Å². The number of fused-ring (bicyclic) bond motifs is 1. The summed E-state index contributed by atoms with van der Waals surface area (Å²) in [7, 11) is 0. The summed E-state index contributed by atoms with van der Waals surface area (Å²) in [6.07, 6.45) is 0. The molecule has 0 aliphatic rings. The van der Waals surface area contributed by atoms with E-state index in [0.717, 1.165) is 11.4 Å². The molecule has 1 N–H and O–H groups in total. The Kier molecular flexibility index (Phi) is 4.56. The van der Waals surface area contributed by atoms with Crippen molar-refractivity contribution >= 4 is 22.1 Å². The third kappa shape index (κ3) is 3.76. The number of rotatable bonds is 4. The van der Waals surface area contributed by atoms with Crippen LogP contribution in [0.1, 0.15) is 0 Å². The van der Waals surface area contributed by atoms with Crippen LogP contribution in [0, 0.1) is 0 Å². The van der Waals surface area contributed by atoms with Gasteiger partial charge in [-0.15, -0.1) is 0 Å². The summed E-state index contributed by atoms with van der Waals surface area (Å²) in [5.41, 5.74) is 7.12. The SMILES string of the molecule is c1ccc(-c2ccc(Nc3ccc4ccc(-c5ccccc5)cc4c3)cc2)cc1. The molecule has 0 amide bonds. The Bertz CT molecular complexity index is 1240. The van der Waals surface area contributed by atoms with Crippen molar-refractivity contribution in [2.45, 2.75) is 0 Å². The van der Waals surface area contributed by atoms with E-state index in [4.69, 9.17) is 0 Å². The average molecular weight is 371 g/mol. The summed E-state index contributed by atoms with van der Waals surface area (Å²) in [6.45, 7) is 0. The molecule has 0 radical (unpaired) electrons. The summed E-state index contributed by atoms with van der Waals surface area (Å²) in [6, 6.07) is 42.7. The Morgan fingerprint density at radius 1 is 0.345 bits per heavy atom. The van der Waals surface area contributed by atoms with E-state index in [0.29, 0.717) is 0 Å². The molecule has 0 atom stereocenters. The van der Waals surface area contributed by atoms with Crippen LogP contribution in [0.25, 0.3) is 33.0 Å². The zero-order valence-corrected chi connectivity index (χ0v) is 16.0. The Morgan fingerprint density at radius 3 is 1.55 bits per heavy atom. The lowest BCUT2D eigenvalue weighted by Gasteiger charge is -2.10. The Labute approximate surface area is 171 Å². The lowest BCUT2D eigenvalue weighted by molar-refractivity contribution is 1.55. The van der Waals surface area contributed by atoms with Crippen molar-refractivity contribution < 1.29 is 0 Å². The maximum absolute atomic E-state index is 3.53. The van der Waals surface area contributed by atoms with Gasteiger partial charge in [-0.1, -0.05) is 91.0 Å². The van der Waals surface area contributed by atoms with Gasteiger partial charge in [0.05, 0.1) is 0 Å². The Balaban J connectivity index is 1.41. The highest BCUT2D eigenvalue weighted by atomic mass is 14.9. The lowest BCUT2D eigenvalue weighted by Crippen LogP contribution is -1.90. The maximum atomic E-state index is 3.53. The molecule has 0 fully saturated rings. The average Bonchev–Trinajstić information content (AvgIpc) is 2.80. The molecule has 0 saturated carbocycles. The van der Waals surface area contributed by atoms with E-state index in [-0.39, 0.29) is 0 Å². The zero-order valence-electron chi connectivity index (χ0n) is 16.0. The van der Waals surface area contributed by atoms with Gasteiger partial charge in [0.2, 0.25) is 0 Å². The predicted molar refractivity (Wildman–Crippen MR) is 125 cm³/mol. The molecule has 1 nitrogen and oxygen atoms in total. The predicted octanol–water partition coefficient (Wildman–Crippen LogP) is 7.92. The highest BCUT2D eigenvalue weighted by Crippen LogP contribution is 2.28. The number of hydrogen-bond donors (Lipinski definition) is 1. The van der Waals surface area contributed by atoms with Crippen molar-refractivity contribution in [3.05, 3.63) is 121 Å². The van der Waals surface area contributed by atoms with E-state index < -0.39 is 0 Å². The van der Waals surface area contributed by atoms with Gasteiger partial charge in [0.25, 0.3) is 0 Å². The van der Waals surface area contributed by atoms with Gasteiger partial charge >= 0.3 is 0 Å².